The summed E-state index contributed by atoms with van der Waals surface area (Å²) in [6.45, 7) is 0.782. The van der Waals surface area contributed by atoms with Gasteiger partial charge in [-0.2, -0.15) is 4.37 Å². The molecule has 0 fully saturated rings. The van der Waals surface area contributed by atoms with Gasteiger partial charge in [-0.25, -0.2) is 4.98 Å². The van der Waals surface area contributed by atoms with E-state index in [2.05, 4.69) is 19.7 Å². The Hall–Kier alpha value is -2.41. The molecule has 7 heteroatoms. The molecule has 3 heterocycles. The number of aryl methyl sites for hydroxylation is 1. The first-order chi connectivity index (χ1) is 10.3. The molecule has 0 aliphatic rings. The topological polar surface area (TPSA) is 81.7 Å². The average molecular weight is 300 g/mol. The Labute approximate surface area is 126 Å². The van der Waals surface area contributed by atoms with Crippen molar-refractivity contribution in [3.63, 3.8) is 0 Å². The monoisotopic (exact) mass is 300 g/mol. The summed E-state index contributed by atoms with van der Waals surface area (Å²) in [7, 11) is 2.00. The standard InChI is InChI=1S/C14H16N6S/c1-20-9-8-17-11(20)4-7-18-14-12(13(15)19-21-14)10-2-5-16-6-3-10/h2-3,5-6,8-9,18H,4,7H2,1H3,(H2,15,19). The molecule has 0 saturated heterocycles. The lowest BCUT2D eigenvalue weighted by molar-refractivity contribution is 0.790. The summed E-state index contributed by atoms with van der Waals surface area (Å²) in [4.78, 5) is 8.34. The zero-order valence-corrected chi connectivity index (χ0v) is 12.5. The van der Waals surface area contributed by atoms with E-state index in [0.29, 0.717) is 5.82 Å². The summed E-state index contributed by atoms with van der Waals surface area (Å²) in [5.41, 5.74) is 7.96. The van der Waals surface area contributed by atoms with E-state index in [9.17, 15) is 0 Å². The number of rotatable bonds is 5. The molecular weight excluding hydrogens is 284 g/mol. The summed E-state index contributed by atoms with van der Waals surface area (Å²) in [5.74, 6) is 1.59. The Morgan fingerprint density at radius 3 is 2.81 bits per heavy atom. The predicted octanol–water partition coefficient (Wildman–Crippen LogP) is 2.18. The lowest BCUT2D eigenvalue weighted by Gasteiger charge is -2.07. The molecule has 3 N–H and O–H groups in total. The molecule has 3 aromatic rings. The molecule has 0 spiro atoms. The van der Waals surface area contributed by atoms with E-state index in [4.69, 9.17) is 5.73 Å². The molecule has 6 nitrogen and oxygen atoms in total. The maximum atomic E-state index is 5.99. The highest BCUT2D eigenvalue weighted by molar-refractivity contribution is 7.11. The second-order valence-electron chi connectivity index (χ2n) is 4.64. The van der Waals surface area contributed by atoms with Gasteiger partial charge in [0.05, 0.1) is 5.56 Å². The first-order valence-electron chi connectivity index (χ1n) is 6.61. The van der Waals surface area contributed by atoms with E-state index in [1.54, 1.807) is 12.4 Å². The first-order valence-corrected chi connectivity index (χ1v) is 7.38. The second-order valence-corrected chi connectivity index (χ2v) is 5.41. The van der Waals surface area contributed by atoms with Crippen LogP contribution in [0.25, 0.3) is 11.1 Å². The Morgan fingerprint density at radius 2 is 2.10 bits per heavy atom. The van der Waals surface area contributed by atoms with Crippen LogP contribution in [-0.4, -0.2) is 25.5 Å². The fourth-order valence-corrected chi connectivity index (χ4v) is 2.91. The molecule has 0 amide bonds. The predicted molar refractivity (Wildman–Crippen MR) is 85.2 cm³/mol. The normalized spacial score (nSPS) is 10.7. The van der Waals surface area contributed by atoms with Crippen LogP contribution in [0.5, 0.6) is 0 Å². The third kappa shape index (κ3) is 2.87. The molecule has 0 aliphatic carbocycles. The number of anilines is 2. The van der Waals surface area contributed by atoms with Crippen LogP contribution in [0.4, 0.5) is 10.8 Å². The van der Waals surface area contributed by atoms with Gasteiger partial charge in [0.1, 0.15) is 16.6 Å². The Balaban J connectivity index is 1.73. The molecule has 0 atom stereocenters. The van der Waals surface area contributed by atoms with Gasteiger partial charge in [-0.1, -0.05) is 0 Å². The van der Waals surface area contributed by atoms with E-state index >= 15 is 0 Å². The van der Waals surface area contributed by atoms with Crippen LogP contribution < -0.4 is 11.1 Å². The van der Waals surface area contributed by atoms with Crippen LogP contribution in [0.3, 0.4) is 0 Å². The van der Waals surface area contributed by atoms with E-state index in [-0.39, 0.29) is 0 Å². The highest BCUT2D eigenvalue weighted by Crippen LogP contribution is 2.36. The van der Waals surface area contributed by atoms with Crippen LogP contribution in [-0.2, 0) is 13.5 Å². The van der Waals surface area contributed by atoms with Crippen LogP contribution in [0.2, 0.25) is 0 Å². The minimum atomic E-state index is 0.547. The van der Waals surface area contributed by atoms with Gasteiger partial charge < -0.3 is 15.6 Å². The average Bonchev–Trinajstić information content (AvgIpc) is 3.07. The Bertz CT molecular complexity index is 718. The van der Waals surface area contributed by atoms with Crippen LogP contribution in [0.1, 0.15) is 5.82 Å². The minimum Gasteiger partial charge on any atom is -0.382 e. The molecule has 3 aromatic heterocycles. The van der Waals surface area contributed by atoms with Crippen LogP contribution in [0, 0.1) is 0 Å². The molecule has 0 aliphatic heterocycles. The lowest BCUT2D eigenvalue weighted by atomic mass is 10.1. The van der Waals surface area contributed by atoms with E-state index in [1.165, 1.54) is 11.5 Å². The van der Waals surface area contributed by atoms with Gasteiger partial charge in [0, 0.05) is 44.8 Å². The van der Waals surface area contributed by atoms with Crippen molar-refractivity contribution in [3.8, 4) is 11.1 Å². The third-order valence-corrected chi connectivity index (χ3v) is 4.06. The number of hydrogen-bond acceptors (Lipinski definition) is 6. The summed E-state index contributed by atoms with van der Waals surface area (Å²) >= 11 is 1.38. The first kappa shape index (κ1) is 13.6. The number of nitrogens with two attached hydrogens (primary N) is 1. The van der Waals surface area contributed by atoms with Gasteiger partial charge in [0.15, 0.2) is 0 Å². The quantitative estimate of drug-likeness (QED) is 0.754. The van der Waals surface area contributed by atoms with Crippen molar-refractivity contribution in [1.82, 2.24) is 18.9 Å². The fourth-order valence-electron chi connectivity index (χ4n) is 2.15. The molecule has 108 valence electrons. The molecule has 21 heavy (non-hydrogen) atoms. The van der Waals surface area contributed by atoms with Crippen molar-refractivity contribution in [2.24, 2.45) is 7.05 Å². The molecule has 0 saturated carbocycles. The van der Waals surface area contributed by atoms with Crippen molar-refractivity contribution in [2.45, 2.75) is 6.42 Å². The van der Waals surface area contributed by atoms with Crippen LogP contribution in [0.15, 0.2) is 36.9 Å². The number of pyridine rings is 1. The van der Waals surface area contributed by atoms with Crippen molar-refractivity contribution >= 4 is 22.4 Å². The van der Waals surface area contributed by atoms with Gasteiger partial charge in [0.25, 0.3) is 0 Å². The molecule has 0 aromatic carbocycles. The van der Waals surface area contributed by atoms with Crippen molar-refractivity contribution in [2.75, 3.05) is 17.6 Å². The number of hydrogen-bond donors (Lipinski definition) is 2. The zero-order chi connectivity index (χ0) is 14.7. The Kier molecular flexibility index (Phi) is 3.83. The van der Waals surface area contributed by atoms with Gasteiger partial charge in [-0.15, -0.1) is 0 Å². The fraction of sp³-hybridized carbons (Fsp3) is 0.214. The molecule has 3 rings (SSSR count). The van der Waals surface area contributed by atoms with E-state index in [0.717, 1.165) is 34.9 Å². The number of nitrogens with zero attached hydrogens (tertiary/aromatic N) is 4. The second kappa shape index (κ2) is 5.92. The lowest BCUT2D eigenvalue weighted by Crippen LogP contribution is -2.08. The highest BCUT2D eigenvalue weighted by atomic mass is 32.1. The minimum absolute atomic E-state index is 0.547. The van der Waals surface area contributed by atoms with Gasteiger partial charge in [-0.3, -0.25) is 4.98 Å². The van der Waals surface area contributed by atoms with E-state index in [1.807, 2.05) is 36.1 Å². The van der Waals surface area contributed by atoms with Gasteiger partial charge >= 0.3 is 0 Å². The molecular formula is C14H16N6S. The third-order valence-electron chi connectivity index (χ3n) is 3.24. The summed E-state index contributed by atoms with van der Waals surface area (Å²) < 4.78 is 6.26. The largest absolute Gasteiger partial charge is 0.382 e. The number of nitrogens with one attached hydrogen (secondary N) is 1. The summed E-state index contributed by atoms with van der Waals surface area (Å²) in [6, 6.07) is 3.87. The van der Waals surface area contributed by atoms with Gasteiger partial charge in [-0.05, 0) is 29.2 Å². The summed E-state index contributed by atoms with van der Waals surface area (Å²) in [6.07, 6.45) is 8.11. The van der Waals surface area contributed by atoms with Crippen molar-refractivity contribution in [3.05, 3.63) is 42.7 Å². The molecule has 0 bridgehead atoms. The Morgan fingerprint density at radius 1 is 1.29 bits per heavy atom. The maximum absolute atomic E-state index is 5.99. The maximum Gasteiger partial charge on any atom is 0.147 e. The molecule has 0 unspecified atom stereocenters. The van der Waals surface area contributed by atoms with Crippen LogP contribution >= 0.6 is 11.5 Å². The summed E-state index contributed by atoms with van der Waals surface area (Å²) in [5, 5.41) is 4.38. The number of imidazole rings is 1. The van der Waals surface area contributed by atoms with Crippen molar-refractivity contribution < 1.29 is 0 Å². The van der Waals surface area contributed by atoms with E-state index < -0.39 is 0 Å². The number of aromatic nitrogens is 4. The molecule has 0 radical (unpaired) electrons. The van der Waals surface area contributed by atoms with Crippen molar-refractivity contribution in [1.29, 1.82) is 0 Å². The van der Waals surface area contributed by atoms with Gasteiger partial charge in [0.2, 0.25) is 0 Å². The SMILES string of the molecule is Cn1ccnc1CCNc1snc(N)c1-c1ccncc1. The smallest absolute Gasteiger partial charge is 0.147 e. The number of nitrogen functional groups attached to an aromatic ring is 1. The highest BCUT2D eigenvalue weighted by Gasteiger charge is 2.13. The zero-order valence-electron chi connectivity index (χ0n) is 11.7.